The molecule has 0 atom stereocenters. The molecule has 0 aromatic heterocycles. The van der Waals surface area contributed by atoms with Gasteiger partial charge in [0.25, 0.3) is 0 Å². The summed E-state index contributed by atoms with van der Waals surface area (Å²) in [6.45, 7) is 0. The lowest BCUT2D eigenvalue weighted by Crippen LogP contribution is -2.15. The van der Waals surface area contributed by atoms with Gasteiger partial charge < -0.3 is 9.94 Å². The molecule has 0 saturated carbocycles. The molecule has 1 aliphatic rings. The van der Waals surface area contributed by atoms with Crippen LogP contribution < -0.4 is 5.48 Å². The van der Waals surface area contributed by atoms with Crippen molar-refractivity contribution < 1.29 is 14.7 Å². The van der Waals surface area contributed by atoms with Gasteiger partial charge in [-0.3, -0.25) is 0 Å². The highest BCUT2D eigenvalue weighted by Crippen LogP contribution is 1.98. The Kier molecular flexibility index (Phi) is 3.35. The highest BCUT2D eigenvalue weighted by atomic mass is 35.5. The number of aliphatic carboxylic acids is 1. The smallest absolute Gasteiger partial charge is 0.374 e. The highest BCUT2D eigenvalue weighted by Gasteiger charge is 2.08. The third-order valence-electron chi connectivity index (χ3n) is 0.792. The van der Waals surface area contributed by atoms with E-state index >= 15 is 0 Å². The van der Waals surface area contributed by atoms with E-state index in [-0.39, 0.29) is 18.2 Å². The van der Waals surface area contributed by atoms with E-state index in [0.717, 1.165) is 0 Å². The second-order valence-electron chi connectivity index (χ2n) is 1.42. The summed E-state index contributed by atoms with van der Waals surface area (Å²) in [6, 6.07) is 0. The molecule has 1 aliphatic heterocycles. The minimum absolute atomic E-state index is 0. The third-order valence-corrected chi connectivity index (χ3v) is 0.792. The van der Waals surface area contributed by atoms with Gasteiger partial charge >= 0.3 is 5.97 Å². The summed E-state index contributed by atoms with van der Waals surface area (Å²) in [7, 11) is 0. The first-order chi connectivity index (χ1) is 4.30. The number of allylic oxidation sites excluding steroid dienone is 2. The van der Waals surface area contributed by atoms with E-state index in [1.807, 2.05) is 0 Å². The van der Waals surface area contributed by atoms with Gasteiger partial charge in [0.15, 0.2) is 0 Å². The SMILES string of the molecule is Cl.O=C(O)C1=CC=CNO1. The average molecular weight is 164 g/mol. The highest BCUT2D eigenvalue weighted by molar-refractivity contribution is 5.85. The summed E-state index contributed by atoms with van der Waals surface area (Å²) in [6.07, 6.45) is 4.40. The Morgan fingerprint density at radius 3 is 2.70 bits per heavy atom. The van der Waals surface area contributed by atoms with Gasteiger partial charge in [0.05, 0.1) is 0 Å². The maximum absolute atomic E-state index is 10.1. The van der Waals surface area contributed by atoms with Gasteiger partial charge in [-0.25, -0.2) is 10.3 Å². The molecule has 0 saturated heterocycles. The van der Waals surface area contributed by atoms with Crippen molar-refractivity contribution in [2.75, 3.05) is 0 Å². The summed E-state index contributed by atoms with van der Waals surface area (Å²) in [5.74, 6) is -1.18. The Morgan fingerprint density at radius 1 is 1.70 bits per heavy atom. The first-order valence-corrected chi connectivity index (χ1v) is 2.33. The average Bonchev–Trinajstić information content (AvgIpc) is 1.90. The number of hydrogen-bond donors (Lipinski definition) is 2. The first kappa shape index (κ1) is 8.84. The zero-order valence-electron chi connectivity index (χ0n) is 4.90. The lowest BCUT2D eigenvalue weighted by Gasteiger charge is -2.05. The third kappa shape index (κ3) is 1.99. The van der Waals surface area contributed by atoms with Gasteiger partial charge in [0.1, 0.15) is 0 Å². The van der Waals surface area contributed by atoms with E-state index in [2.05, 4.69) is 10.3 Å². The minimum Gasteiger partial charge on any atom is -0.475 e. The van der Waals surface area contributed by atoms with Crippen molar-refractivity contribution in [3.8, 4) is 0 Å². The number of hydrogen-bond acceptors (Lipinski definition) is 3. The lowest BCUT2D eigenvalue weighted by molar-refractivity contribution is -0.137. The Balaban J connectivity index is 0.000000810. The van der Waals surface area contributed by atoms with Crippen LogP contribution in [0.3, 0.4) is 0 Å². The number of carboxylic acids is 1. The molecule has 0 unspecified atom stereocenters. The second-order valence-corrected chi connectivity index (χ2v) is 1.42. The zero-order chi connectivity index (χ0) is 6.69. The van der Waals surface area contributed by atoms with Crippen LogP contribution in [0.4, 0.5) is 0 Å². The molecule has 4 nitrogen and oxygen atoms in total. The topological polar surface area (TPSA) is 58.6 Å². The van der Waals surface area contributed by atoms with Crippen molar-refractivity contribution in [3.05, 3.63) is 24.1 Å². The number of carboxylic acid groups (broad SMARTS) is 1. The number of hydroxylamine groups is 1. The fourth-order valence-electron chi connectivity index (χ4n) is 0.421. The van der Waals surface area contributed by atoms with Gasteiger partial charge in [-0.2, -0.15) is 0 Å². The number of carbonyl (C=O) groups is 1. The summed E-state index contributed by atoms with van der Waals surface area (Å²) < 4.78 is 0. The maximum Gasteiger partial charge on any atom is 0.374 e. The van der Waals surface area contributed by atoms with Crippen LogP contribution in [0.1, 0.15) is 0 Å². The van der Waals surface area contributed by atoms with E-state index < -0.39 is 5.97 Å². The number of halogens is 1. The Bertz CT molecular complexity index is 187. The van der Waals surface area contributed by atoms with Crippen LogP contribution in [0, 0.1) is 0 Å². The molecule has 0 bridgehead atoms. The van der Waals surface area contributed by atoms with Gasteiger partial charge in [-0.15, -0.1) is 12.4 Å². The van der Waals surface area contributed by atoms with Crippen LogP contribution >= 0.6 is 12.4 Å². The summed E-state index contributed by atoms with van der Waals surface area (Å²) in [5, 5.41) is 8.27. The molecule has 56 valence electrons. The van der Waals surface area contributed by atoms with Gasteiger partial charge in [0.2, 0.25) is 5.76 Å². The fraction of sp³-hybridized carbons (Fsp3) is 0. The molecule has 0 fully saturated rings. The van der Waals surface area contributed by atoms with Gasteiger partial charge in [-0.1, -0.05) is 0 Å². The molecule has 10 heavy (non-hydrogen) atoms. The van der Waals surface area contributed by atoms with E-state index in [0.29, 0.717) is 0 Å². The van der Waals surface area contributed by atoms with Crippen LogP contribution in [-0.4, -0.2) is 11.1 Å². The lowest BCUT2D eigenvalue weighted by atomic mass is 10.4. The molecule has 0 spiro atoms. The molecular formula is C5H6ClNO3. The number of nitrogens with one attached hydrogen (secondary N) is 1. The van der Waals surface area contributed by atoms with Crippen LogP contribution in [0.15, 0.2) is 24.1 Å². The normalized spacial score (nSPS) is 13.8. The second kappa shape index (κ2) is 3.79. The monoisotopic (exact) mass is 163 g/mol. The standard InChI is InChI=1S/C5H5NO3.ClH/c7-5(8)4-2-1-3-6-9-4;/h1-3,6H,(H,7,8);1H. The fourth-order valence-corrected chi connectivity index (χ4v) is 0.421. The summed E-state index contributed by atoms with van der Waals surface area (Å²) in [5.41, 5.74) is 2.29. The van der Waals surface area contributed by atoms with Crippen molar-refractivity contribution >= 4 is 18.4 Å². The number of rotatable bonds is 1. The van der Waals surface area contributed by atoms with Crippen LogP contribution in [0.25, 0.3) is 0 Å². The summed E-state index contributed by atoms with van der Waals surface area (Å²) in [4.78, 5) is 14.6. The molecule has 5 heteroatoms. The van der Waals surface area contributed by atoms with Gasteiger partial charge in [-0.05, 0) is 12.2 Å². The van der Waals surface area contributed by atoms with Crippen molar-refractivity contribution in [2.24, 2.45) is 0 Å². The predicted molar refractivity (Wildman–Crippen MR) is 36.3 cm³/mol. The van der Waals surface area contributed by atoms with Gasteiger partial charge in [0, 0.05) is 6.20 Å². The Morgan fingerprint density at radius 2 is 2.40 bits per heavy atom. The molecular weight excluding hydrogens is 158 g/mol. The molecule has 2 N–H and O–H groups in total. The summed E-state index contributed by atoms with van der Waals surface area (Å²) >= 11 is 0. The molecule has 0 aliphatic carbocycles. The maximum atomic E-state index is 10.1. The van der Waals surface area contributed by atoms with Crippen molar-refractivity contribution in [2.45, 2.75) is 0 Å². The molecule has 0 aromatic carbocycles. The van der Waals surface area contributed by atoms with Crippen LogP contribution in [0.2, 0.25) is 0 Å². The van der Waals surface area contributed by atoms with Crippen molar-refractivity contribution in [3.63, 3.8) is 0 Å². The zero-order valence-corrected chi connectivity index (χ0v) is 5.72. The molecule has 0 aromatic rings. The Labute approximate surface area is 63.5 Å². The van der Waals surface area contributed by atoms with E-state index in [4.69, 9.17) is 5.11 Å². The van der Waals surface area contributed by atoms with E-state index in [9.17, 15) is 4.79 Å². The Hall–Kier alpha value is -1.16. The molecule has 0 radical (unpaired) electrons. The predicted octanol–water partition coefficient (Wildman–Crippen LogP) is 0.425. The van der Waals surface area contributed by atoms with E-state index in [1.165, 1.54) is 12.3 Å². The first-order valence-electron chi connectivity index (χ1n) is 2.33. The quantitative estimate of drug-likeness (QED) is 0.589. The van der Waals surface area contributed by atoms with Crippen molar-refractivity contribution in [1.82, 2.24) is 5.48 Å². The minimum atomic E-state index is -1.08. The van der Waals surface area contributed by atoms with Crippen LogP contribution in [0.5, 0.6) is 0 Å². The molecule has 0 amide bonds. The van der Waals surface area contributed by atoms with Crippen LogP contribution in [-0.2, 0) is 9.63 Å². The molecule has 1 heterocycles. The van der Waals surface area contributed by atoms with E-state index in [1.54, 1.807) is 6.08 Å². The van der Waals surface area contributed by atoms with Crippen molar-refractivity contribution in [1.29, 1.82) is 0 Å². The molecule has 1 rings (SSSR count). The largest absolute Gasteiger partial charge is 0.475 e.